The molecule has 0 saturated carbocycles. The first kappa shape index (κ1) is 26.3. The number of amides is 3. The summed E-state index contributed by atoms with van der Waals surface area (Å²) < 4.78 is 2.15. The first-order valence-corrected chi connectivity index (χ1v) is 13.8. The molecule has 200 valence electrons. The van der Waals surface area contributed by atoms with Gasteiger partial charge in [0.1, 0.15) is 6.54 Å². The maximum absolute atomic E-state index is 13.2. The van der Waals surface area contributed by atoms with E-state index in [1.165, 1.54) is 20.9 Å². The number of unbranched alkanes of at least 4 members (excludes halogenated alkanes) is 2. The Hall–Kier alpha value is -3.36. The predicted octanol–water partition coefficient (Wildman–Crippen LogP) is 3.30. The second kappa shape index (κ2) is 11.6. The smallest absolute Gasteiger partial charge is 0.290 e. The Morgan fingerprint density at radius 3 is 2.05 bits per heavy atom. The first-order valence-electron chi connectivity index (χ1n) is 13.8. The van der Waals surface area contributed by atoms with Crippen molar-refractivity contribution >= 4 is 23.6 Å². The molecule has 0 aromatic heterocycles. The van der Waals surface area contributed by atoms with Gasteiger partial charge in [-0.05, 0) is 29.0 Å². The zero-order chi connectivity index (χ0) is 26.6. The summed E-state index contributed by atoms with van der Waals surface area (Å²) in [6.45, 7) is 7.35. The molecule has 3 heterocycles. The summed E-state index contributed by atoms with van der Waals surface area (Å²) in [5.74, 6) is 1.29. The molecule has 0 N–H and O–H groups in total. The number of amidine groups is 2. The molecular weight excluding hydrogens is 476 g/mol. The topological polar surface area (TPSA) is 62.5 Å². The third-order valence-electron chi connectivity index (χ3n) is 7.98. The summed E-state index contributed by atoms with van der Waals surface area (Å²) in [6, 6.07) is 20.9. The zero-order valence-electron chi connectivity index (χ0n) is 22.8. The van der Waals surface area contributed by atoms with Crippen LogP contribution in [0.1, 0.15) is 43.4 Å². The van der Waals surface area contributed by atoms with E-state index >= 15 is 0 Å². The summed E-state index contributed by atoms with van der Waals surface area (Å²) in [5, 5.41) is 0. The predicted molar refractivity (Wildman–Crippen MR) is 150 cm³/mol. The number of piperazine rings is 1. The lowest BCUT2D eigenvalue weighted by Gasteiger charge is -2.39. The van der Waals surface area contributed by atoms with Gasteiger partial charge in [0.15, 0.2) is 0 Å². The van der Waals surface area contributed by atoms with Crippen LogP contribution in [0.15, 0.2) is 65.7 Å². The summed E-state index contributed by atoms with van der Waals surface area (Å²) in [5.41, 5.74) is 2.62. The van der Waals surface area contributed by atoms with Crippen molar-refractivity contribution < 1.29 is 14.2 Å². The van der Waals surface area contributed by atoms with Crippen molar-refractivity contribution in [1.29, 1.82) is 0 Å². The maximum atomic E-state index is 13.2. The zero-order valence-corrected chi connectivity index (χ0v) is 22.8. The molecule has 8 nitrogen and oxygen atoms in total. The van der Waals surface area contributed by atoms with Crippen LogP contribution >= 0.6 is 0 Å². The molecule has 2 fully saturated rings. The normalized spacial score (nSPS) is 20.9. The van der Waals surface area contributed by atoms with Crippen LogP contribution in [0.4, 0.5) is 4.79 Å². The van der Waals surface area contributed by atoms with Gasteiger partial charge in [-0.25, -0.2) is 9.37 Å². The van der Waals surface area contributed by atoms with Crippen molar-refractivity contribution in [3.63, 3.8) is 0 Å². The van der Waals surface area contributed by atoms with E-state index in [2.05, 4.69) is 82.0 Å². The third-order valence-corrected chi connectivity index (χ3v) is 7.98. The van der Waals surface area contributed by atoms with Gasteiger partial charge >= 0.3 is 11.9 Å². The van der Waals surface area contributed by atoms with Crippen LogP contribution < -0.4 is 0 Å². The molecule has 3 aliphatic heterocycles. The molecule has 2 aromatic carbocycles. The monoisotopic (exact) mass is 515 g/mol. The molecule has 0 spiro atoms. The van der Waals surface area contributed by atoms with Crippen LogP contribution in [-0.2, 0) is 4.79 Å². The average Bonchev–Trinajstić information content (AvgIpc) is 3.31. The van der Waals surface area contributed by atoms with E-state index in [-0.39, 0.29) is 18.0 Å². The fraction of sp³-hybridized carbons (Fsp3) is 0.467. The second-order valence-electron chi connectivity index (χ2n) is 10.5. The number of nitrogens with zero attached hydrogens (tertiary/aromatic N) is 6. The van der Waals surface area contributed by atoms with Gasteiger partial charge in [-0.2, -0.15) is 0 Å². The van der Waals surface area contributed by atoms with Crippen molar-refractivity contribution in [2.45, 2.75) is 38.3 Å². The molecule has 0 radical (unpaired) electrons. The number of hydrogen-bond acceptors (Lipinski definition) is 5. The highest BCUT2D eigenvalue weighted by Crippen LogP contribution is 2.29. The van der Waals surface area contributed by atoms with Crippen LogP contribution in [-0.4, -0.2) is 107 Å². The van der Waals surface area contributed by atoms with Crippen LogP contribution in [0.25, 0.3) is 0 Å². The fourth-order valence-electron chi connectivity index (χ4n) is 5.83. The quantitative estimate of drug-likeness (QED) is 0.380. The highest BCUT2D eigenvalue weighted by Gasteiger charge is 2.53. The molecule has 2 aromatic rings. The largest absolute Gasteiger partial charge is 0.333 e. The number of benzene rings is 2. The molecule has 5 rings (SSSR count). The molecule has 8 heteroatoms. The van der Waals surface area contributed by atoms with E-state index in [4.69, 9.17) is 4.99 Å². The Morgan fingerprint density at radius 2 is 1.47 bits per heavy atom. The number of likely N-dealkylation sites (N-methyl/N-ethyl adjacent to an activating group) is 2. The summed E-state index contributed by atoms with van der Waals surface area (Å²) in [4.78, 5) is 38.4. The number of carbonyl (C=O) groups excluding carboxylic acids is 2. The summed E-state index contributed by atoms with van der Waals surface area (Å²) in [7, 11) is 3.28. The van der Waals surface area contributed by atoms with Gasteiger partial charge in [0, 0.05) is 40.3 Å². The highest BCUT2D eigenvalue weighted by molar-refractivity contribution is 6.23. The number of imide groups is 1. The Balaban J connectivity index is 1.33. The van der Waals surface area contributed by atoms with E-state index in [9.17, 15) is 9.59 Å². The number of aliphatic imine (C=N–C) groups is 1. The average molecular weight is 516 g/mol. The molecule has 0 aliphatic carbocycles. The number of hydrogen-bond donors (Lipinski definition) is 0. The van der Waals surface area contributed by atoms with Crippen LogP contribution in [0.2, 0.25) is 0 Å². The number of carbonyl (C=O) groups is 2. The minimum absolute atomic E-state index is 0.184. The fourth-order valence-corrected chi connectivity index (χ4v) is 5.83. The van der Waals surface area contributed by atoms with E-state index in [0.717, 1.165) is 57.8 Å². The first-order chi connectivity index (χ1) is 18.5. The molecule has 38 heavy (non-hydrogen) atoms. The Labute approximate surface area is 225 Å². The van der Waals surface area contributed by atoms with Gasteiger partial charge in [0.05, 0.1) is 12.6 Å². The van der Waals surface area contributed by atoms with Crippen molar-refractivity contribution in [3.05, 3.63) is 71.8 Å². The van der Waals surface area contributed by atoms with Gasteiger partial charge in [0.2, 0.25) is 0 Å². The number of fused-ring (bicyclic) bond motifs is 1. The Bertz CT molecular complexity index is 1160. The minimum atomic E-state index is -0.503. The van der Waals surface area contributed by atoms with Gasteiger partial charge in [0.25, 0.3) is 17.8 Å². The molecule has 1 unspecified atom stereocenters. The van der Waals surface area contributed by atoms with Crippen LogP contribution in [0, 0.1) is 0 Å². The van der Waals surface area contributed by atoms with Crippen molar-refractivity contribution in [3.8, 4) is 0 Å². The Kier molecular flexibility index (Phi) is 8.00. The van der Waals surface area contributed by atoms with Gasteiger partial charge in [-0.1, -0.05) is 74.0 Å². The SMILES string of the molecule is CCCCC[N+]1=C(CN2CCN(C(c3ccccc3)c3ccccc3)CC2)N=C2C1C(=O)N(C)C(=O)N2C. The van der Waals surface area contributed by atoms with Crippen molar-refractivity contribution in [1.82, 2.24) is 19.6 Å². The molecule has 2 saturated heterocycles. The lowest BCUT2D eigenvalue weighted by Crippen LogP contribution is -2.61. The van der Waals surface area contributed by atoms with Crippen LogP contribution in [0.3, 0.4) is 0 Å². The maximum Gasteiger partial charge on any atom is 0.333 e. The standard InChI is InChI=1S/C30H39N6O2/c1-4-5-12-17-36-25(31-28-27(36)29(37)33(3)30(38)32(28)2)22-34-18-20-35(21-19-34)26(23-13-8-6-9-14-23)24-15-10-7-11-16-24/h6-11,13-16,26-27H,4-5,12,17-22H2,1-3H3/q+1. The Morgan fingerprint density at radius 1 is 0.868 bits per heavy atom. The second-order valence-corrected chi connectivity index (χ2v) is 10.5. The number of rotatable bonds is 9. The molecule has 0 bridgehead atoms. The minimum Gasteiger partial charge on any atom is -0.290 e. The van der Waals surface area contributed by atoms with Crippen molar-refractivity contribution in [2.24, 2.45) is 4.99 Å². The molecule has 1 atom stereocenters. The molecule has 3 amide bonds. The molecule has 3 aliphatic rings. The van der Waals surface area contributed by atoms with Gasteiger partial charge in [-0.15, -0.1) is 0 Å². The van der Waals surface area contributed by atoms with E-state index in [0.29, 0.717) is 12.4 Å². The molecular formula is C30H39N6O2+. The summed E-state index contributed by atoms with van der Waals surface area (Å²) >= 11 is 0. The van der Waals surface area contributed by atoms with E-state index in [1.54, 1.807) is 14.1 Å². The number of urea groups is 1. The van der Waals surface area contributed by atoms with E-state index in [1.807, 2.05) is 0 Å². The highest BCUT2D eigenvalue weighted by atomic mass is 16.2. The third kappa shape index (κ3) is 5.15. The van der Waals surface area contributed by atoms with E-state index < -0.39 is 6.04 Å². The van der Waals surface area contributed by atoms with Crippen molar-refractivity contribution in [2.75, 3.05) is 53.4 Å². The summed E-state index contributed by atoms with van der Waals surface area (Å²) in [6.07, 6.45) is 3.21. The van der Waals surface area contributed by atoms with Gasteiger partial charge < -0.3 is 0 Å². The lowest BCUT2D eigenvalue weighted by atomic mass is 9.96. The lowest BCUT2D eigenvalue weighted by molar-refractivity contribution is -0.537. The van der Waals surface area contributed by atoms with Crippen LogP contribution in [0.5, 0.6) is 0 Å². The van der Waals surface area contributed by atoms with Gasteiger partial charge in [-0.3, -0.25) is 24.4 Å².